The van der Waals surface area contributed by atoms with E-state index in [9.17, 15) is 4.79 Å². The van der Waals surface area contributed by atoms with Gasteiger partial charge in [-0.25, -0.2) is 4.79 Å². The van der Waals surface area contributed by atoms with Gasteiger partial charge in [0.25, 0.3) is 0 Å². The number of carbonyl (C=O) groups excluding carboxylic acids is 1. The van der Waals surface area contributed by atoms with Crippen LogP contribution in [0.15, 0.2) is 35.9 Å². The molecule has 0 saturated carbocycles. The molecule has 0 fully saturated rings. The minimum Gasteiger partial charge on any atom is -0.497 e. The zero-order valence-corrected chi connectivity index (χ0v) is 10.9. The third kappa shape index (κ3) is 4.91. The van der Waals surface area contributed by atoms with Crippen LogP contribution in [0.5, 0.6) is 11.5 Å². The van der Waals surface area contributed by atoms with Crippen molar-refractivity contribution in [2.75, 3.05) is 20.3 Å². The number of ether oxygens (including phenoxy) is 3. The summed E-state index contributed by atoms with van der Waals surface area (Å²) in [7, 11) is 1.61. The summed E-state index contributed by atoms with van der Waals surface area (Å²) in [6.45, 7) is 4.32. The Morgan fingerprint density at radius 3 is 2.39 bits per heavy atom. The van der Waals surface area contributed by atoms with E-state index in [4.69, 9.17) is 14.2 Å². The molecule has 98 valence electrons. The highest BCUT2D eigenvalue weighted by Gasteiger charge is 2.00. The molecule has 4 heteroatoms. The Morgan fingerprint density at radius 1 is 1.22 bits per heavy atom. The summed E-state index contributed by atoms with van der Waals surface area (Å²) in [5.41, 5.74) is 0.810. The van der Waals surface area contributed by atoms with Crippen molar-refractivity contribution in [3.05, 3.63) is 35.9 Å². The first kappa shape index (κ1) is 14.1. The van der Waals surface area contributed by atoms with Crippen LogP contribution in [-0.2, 0) is 9.53 Å². The number of carbonyl (C=O) groups is 1. The van der Waals surface area contributed by atoms with Crippen molar-refractivity contribution in [3.8, 4) is 11.5 Å². The monoisotopic (exact) mass is 250 g/mol. The first-order chi connectivity index (χ1) is 8.65. The lowest BCUT2D eigenvalue weighted by Crippen LogP contribution is -2.04. The Bertz CT molecular complexity index is 406. The molecule has 0 aliphatic heterocycles. The Kier molecular flexibility index (Phi) is 5.77. The van der Waals surface area contributed by atoms with E-state index in [1.165, 1.54) is 6.08 Å². The number of methoxy groups -OCH3 is 1. The van der Waals surface area contributed by atoms with Crippen LogP contribution in [-0.4, -0.2) is 26.3 Å². The van der Waals surface area contributed by atoms with Gasteiger partial charge < -0.3 is 14.2 Å². The summed E-state index contributed by atoms with van der Waals surface area (Å²) in [4.78, 5) is 11.2. The standard InChI is InChI=1S/C14H18O4/c1-4-17-14(15)9-11(2)10-18-13-7-5-12(16-3)6-8-13/h5-9H,4,10H2,1-3H3/b11-9+. The normalized spacial score (nSPS) is 10.9. The van der Waals surface area contributed by atoms with Crippen molar-refractivity contribution in [2.45, 2.75) is 13.8 Å². The molecule has 0 aliphatic rings. The molecular formula is C14H18O4. The highest BCUT2D eigenvalue weighted by atomic mass is 16.5. The minimum absolute atomic E-state index is 0.340. The minimum atomic E-state index is -0.340. The van der Waals surface area contributed by atoms with Crippen LogP contribution in [0.4, 0.5) is 0 Å². The van der Waals surface area contributed by atoms with Gasteiger partial charge in [-0.1, -0.05) is 0 Å². The molecule has 0 aromatic heterocycles. The van der Waals surface area contributed by atoms with E-state index < -0.39 is 0 Å². The van der Waals surface area contributed by atoms with E-state index in [1.807, 2.05) is 31.2 Å². The lowest BCUT2D eigenvalue weighted by molar-refractivity contribution is -0.137. The highest BCUT2D eigenvalue weighted by molar-refractivity contribution is 5.82. The fraction of sp³-hybridized carbons (Fsp3) is 0.357. The van der Waals surface area contributed by atoms with E-state index in [0.717, 1.165) is 17.1 Å². The average molecular weight is 250 g/mol. The van der Waals surface area contributed by atoms with Crippen LogP contribution in [0, 0.1) is 0 Å². The zero-order chi connectivity index (χ0) is 13.4. The predicted octanol–water partition coefficient (Wildman–Crippen LogP) is 2.58. The van der Waals surface area contributed by atoms with Gasteiger partial charge in [0, 0.05) is 6.08 Å². The topological polar surface area (TPSA) is 44.8 Å². The van der Waals surface area contributed by atoms with Crippen molar-refractivity contribution in [2.24, 2.45) is 0 Å². The fourth-order valence-electron chi connectivity index (χ4n) is 1.30. The fourth-order valence-corrected chi connectivity index (χ4v) is 1.30. The maximum Gasteiger partial charge on any atom is 0.330 e. The molecule has 1 aromatic rings. The second-order valence-electron chi connectivity index (χ2n) is 3.71. The Morgan fingerprint density at radius 2 is 1.83 bits per heavy atom. The molecule has 0 aliphatic carbocycles. The number of hydrogen-bond donors (Lipinski definition) is 0. The van der Waals surface area contributed by atoms with Crippen LogP contribution in [0.1, 0.15) is 13.8 Å². The predicted molar refractivity (Wildman–Crippen MR) is 68.9 cm³/mol. The van der Waals surface area contributed by atoms with E-state index in [1.54, 1.807) is 14.0 Å². The molecule has 0 amide bonds. The van der Waals surface area contributed by atoms with Gasteiger partial charge in [0.2, 0.25) is 0 Å². The van der Waals surface area contributed by atoms with Gasteiger partial charge in [-0.15, -0.1) is 0 Å². The molecule has 0 atom stereocenters. The quantitative estimate of drug-likeness (QED) is 0.575. The SMILES string of the molecule is CCOC(=O)/C=C(\C)COc1ccc(OC)cc1. The Balaban J connectivity index is 2.46. The number of rotatable bonds is 6. The maximum absolute atomic E-state index is 11.2. The van der Waals surface area contributed by atoms with E-state index in [0.29, 0.717) is 13.2 Å². The van der Waals surface area contributed by atoms with Gasteiger partial charge in [0.05, 0.1) is 13.7 Å². The molecule has 4 nitrogen and oxygen atoms in total. The summed E-state index contributed by atoms with van der Waals surface area (Å²) in [5, 5.41) is 0. The van der Waals surface area contributed by atoms with Gasteiger partial charge in [-0.05, 0) is 43.7 Å². The summed E-state index contributed by atoms with van der Waals surface area (Å²) >= 11 is 0. The summed E-state index contributed by atoms with van der Waals surface area (Å²) < 4.78 is 15.4. The molecule has 0 heterocycles. The molecule has 0 radical (unpaired) electrons. The first-order valence-electron chi connectivity index (χ1n) is 5.76. The van der Waals surface area contributed by atoms with Crippen LogP contribution in [0.2, 0.25) is 0 Å². The average Bonchev–Trinajstić information content (AvgIpc) is 2.37. The second-order valence-corrected chi connectivity index (χ2v) is 3.71. The lowest BCUT2D eigenvalue weighted by atomic mass is 10.3. The zero-order valence-electron chi connectivity index (χ0n) is 10.9. The van der Waals surface area contributed by atoms with Gasteiger partial charge >= 0.3 is 5.97 Å². The van der Waals surface area contributed by atoms with Crippen molar-refractivity contribution in [1.82, 2.24) is 0 Å². The van der Waals surface area contributed by atoms with Crippen LogP contribution >= 0.6 is 0 Å². The molecule has 1 rings (SSSR count). The van der Waals surface area contributed by atoms with Crippen LogP contribution < -0.4 is 9.47 Å². The van der Waals surface area contributed by atoms with E-state index in [-0.39, 0.29) is 5.97 Å². The lowest BCUT2D eigenvalue weighted by Gasteiger charge is -2.07. The molecule has 0 bridgehead atoms. The molecule has 18 heavy (non-hydrogen) atoms. The Labute approximate surface area is 107 Å². The highest BCUT2D eigenvalue weighted by Crippen LogP contribution is 2.17. The molecule has 0 spiro atoms. The number of esters is 1. The van der Waals surface area contributed by atoms with Crippen molar-refractivity contribution < 1.29 is 19.0 Å². The largest absolute Gasteiger partial charge is 0.497 e. The van der Waals surface area contributed by atoms with Crippen molar-refractivity contribution in [1.29, 1.82) is 0 Å². The van der Waals surface area contributed by atoms with Gasteiger partial charge in [0.15, 0.2) is 0 Å². The van der Waals surface area contributed by atoms with Crippen molar-refractivity contribution >= 4 is 5.97 Å². The summed E-state index contributed by atoms with van der Waals surface area (Å²) in [5.74, 6) is 1.17. The molecule has 1 aromatic carbocycles. The molecular weight excluding hydrogens is 232 g/mol. The van der Waals surface area contributed by atoms with Gasteiger partial charge in [0.1, 0.15) is 18.1 Å². The summed E-state index contributed by atoms with van der Waals surface area (Å²) in [6.07, 6.45) is 1.44. The molecule has 0 unspecified atom stereocenters. The number of benzene rings is 1. The molecule has 0 saturated heterocycles. The Hall–Kier alpha value is -1.97. The first-order valence-corrected chi connectivity index (χ1v) is 5.76. The number of hydrogen-bond acceptors (Lipinski definition) is 4. The van der Waals surface area contributed by atoms with Crippen molar-refractivity contribution in [3.63, 3.8) is 0 Å². The third-order valence-corrected chi connectivity index (χ3v) is 2.18. The second kappa shape index (κ2) is 7.37. The molecule has 0 N–H and O–H groups in total. The van der Waals surface area contributed by atoms with Gasteiger partial charge in [-0.3, -0.25) is 0 Å². The van der Waals surface area contributed by atoms with E-state index in [2.05, 4.69) is 0 Å². The van der Waals surface area contributed by atoms with Gasteiger partial charge in [-0.2, -0.15) is 0 Å². The van der Waals surface area contributed by atoms with E-state index >= 15 is 0 Å². The summed E-state index contributed by atoms with van der Waals surface area (Å²) in [6, 6.07) is 7.27. The van der Waals surface area contributed by atoms with Crippen LogP contribution in [0.25, 0.3) is 0 Å². The third-order valence-electron chi connectivity index (χ3n) is 2.18. The van der Waals surface area contributed by atoms with Crippen LogP contribution in [0.3, 0.4) is 0 Å². The maximum atomic E-state index is 11.2. The smallest absolute Gasteiger partial charge is 0.330 e.